The van der Waals surface area contributed by atoms with Crippen molar-refractivity contribution < 1.29 is 4.74 Å². The summed E-state index contributed by atoms with van der Waals surface area (Å²) in [7, 11) is 0. The molecule has 1 aliphatic heterocycles. The van der Waals surface area contributed by atoms with Gasteiger partial charge in [-0.1, -0.05) is 12.1 Å². The largest absolute Gasteiger partial charge is 0.494 e. The topological polar surface area (TPSA) is 37.4 Å². The van der Waals surface area contributed by atoms with Crippen LogP contribution >= 0.6 is 23.7 Å². The van der Waals surface area contributed by atoms with E-state index in [0.29, 0.717) is 6.61 Å². The Morgan fingerprint density at radius 2 is 2.08 bits per heavy atom. The average molecular weight is 382 g/mol. The van der Waals surface area contributed by atoms with Crippen LogP contribution in [0.1, 0.15) is 29.5 Å². The van der Waals surface area contributed by atoms with Gasteiger partial charge in [-0.05, 0) is 57.0 Å². The number of nitrogens with zero attached hydrogens (tertiary/aromatic N) is 2. The number of nitrogens with one attached hydrogen (secondary N) is 1. The highest BCUT2D eigenvalue weighted by atomic mass is 35.5. The maximum atomic E-state index is 5.55. The zero-order valence-electron chi connectivity index (χ0n) is 15.0. The summed E-state index contributed by atoms with van der Waals surface area (Å²) in [6.45, 7) is 10.2. The van der Waals surface area contributed by atoms with E-state index in [4.69, 9.17) is 4.74 Å². The number of thiazole rings is 1. The van der Waals surface area contributed by atoms with Gasteiger partial charge < -0.3 is 10.1 Å². The fraction of sp³-hybridized carbons (Fsp3) is 0.526. The van der Waals surface area contributed by atoms with Gasteiger partial charge in [0.25, 0.3) is 0 Å². The molecule has 1 aliphatic rings. The van der Waals surface area contributed by atoms with Gasteiger partial charge >= 0.3 is 0 Å². The number of benzene rings is 1. The third-order valence-electron chi connectivity index (χ3n) is 4.53. The lowest BCUT2D eigenvalue weighted by Crippen LogP contribution is -2.30. The molecule has 2 aromatic rings. The van der Waals surface area contributed by atoms with Gasteiger partial charge in [0, 0.05) is 24.5 Å². The number of hydrogen-bond donors (Lipinski definition) is 1. The Labute approximate surface area is 161 Å². The molecule has 1 fully saturated rings. The Kier molecular flexibility index (Phi) is 8.16. The third-order valence-corrected chi connectivity index (χ3v) is 5.45. The molecule has 0 saturated carbocycles. The number of halogens is 1. The van der Waals surface area contributed by atoms with Crippen LogP contribution < -0.4 is 10.1 Å². The van der Waals surface area contributed by atoms with Crippen LogP contribution in [0, 0.1) is 12.8 Å². The number of aryl methyl sites for hydroxylation is 1. The van der Waals surface area contributed by atoms with Crippen LogP contribution in [0.25, 0.3) is 0 Å². The molecular weight excluding hydrogens is 354 g/mol. The van der Waals surface area contributed by atoms with E-state index in [1.807, 2.05) is 12.4 Å². The highest BCUT2D eigenvalue weighted by Gasteiger charge is 2.19. The van der Waals surface area contributed by atoms with Crippen LogP contribution in [-0.2, 0) is 13.1 Å². The van der Waals surface area contributed by atoms with Gasteiger partial charge in [0.2, 0.25) is 0 Å². The first-order valence-electron chi connectivity index (χ1n) is 8.78. The number of aromatic nitrogens is 1. The van der Waals surface area contributed by atoms with E-state index in [1.165, 1.54) is 22.6 Å². The van der Waals surface area contributed by atoms with Crippen molar-refractivity contribution in [1.29, 1.82) is 0 Å². The van der Waals surface area contributed by atoms with Crippen molar-refractivity contribution in [3.8, 4) is 5.75 Å². The van der Waals surface area contributed by atoms with E-state index in [1.54, 1.807) is 11.3 Å². The van der Waals surface area contributed by atoms with Crippen molar-refractivity contribution in [2.45, 2.75) is 33.4 Å². The number of rotatable bonds is 8. The summed E-state index contributed by atoms with van der Waals surface area (Å²) in [4.78, 5) is 8.35. The molecule has 1 aromatic carbocycles. The van der Waals surface area contributed by atoms with Crippen LogP contribution in [0.2, 0.25) is 0 Å². The molecule has 3 rings (SSSR count). The minimum absolute atomic E-state index is 0. The minimum Gasteiger partial charge on any atom is -0.494 e. The standard InChI is InChI=1S/C19H27N3OS.ClH/c1-3-23-18-6-4-16(5-7-18)11-22(12-17-8-9-20-10-17)13-19-15(2)21-14-24-19;/h4-7,14,17,20H,3,8-13H2,1-2H3;1H. The molecule has 1 saturated heterocycles. The van der Waals surface area contributed by atoms with Gasteiger partial charge in [-0.15, -0.1) is 23.7 Å². The van der Waals surface area contributed by atoms with Crippen LogP contribution in [0.4, 0.5) is 0 Å². The summed E-state index contributed by atoms with van der Waals surface area (Å²) < 4.78 is 5.55. The first kappa shape index (κ1) is 20.2. The molecule has 6 heteroatoms. The van der Waals surface area contributed by atoms with E-state index >= 15 is 0 Å². The van der Waals surface area contributed by atoms with E-state index < -0.39 is 0 Å². The highest BCUT2D eigenvalue weighted by Crippen LogP contribution is 2.21. The molecule has 0 aliphatic carbocycles. The van der Waals surface area contributed by atoms with Crippen molar-refractivity contribution in [3.05, 3.63) is 45.9 Å². The first-order valence-corrected chi connectivity index (χ1v) is 9.66. The van der Waals surface area contributed by atoms with Crippen LogP contribution in [0.5, 0.6) is 5.75 Å². The molecule has 2 heterocycles. The normalized spacial score (nSPS) is 16.8. The van der Waals surface area contributed by atoms with Gasteiger partial charge in [-0.2, -0.15) is 0 Å². The fourth-order valence-corrected chi connectivity index (χ4v) is 4.04. The summed E-state index contributed by atoms with van der Waals surface area (Å²) in [5, 5.41) is 3.48. The van der Waals surface area contributed by atoms with E-state index in [0.717, 1.165) is 44.4 Å². The van der Waals surface area contributed by atoms with Crippen molar-refractivity contribution in [1.82, 2.24) is 15.2 Å². The van der Waals surface area contributed by atoms with Gasteiger partial charge in [-0.25, -0.2) is 4.98 Å². The summed E-state index contributed by atoms with van der Waals surface area (Å²) in [6, 6.07) is 8.52. The summed E-state index contributed by atoms with van der Waals surface area (Å²) >= 11 is 1.77. The molecule has 138 valence electrons. The monoisotopic (exact) mass is 381 g/mol. The zero-order chi connectivity index (χ0) is 16.8. The van der Waals surface area contributed by atoms with Crippen molar-refractivity contribution in [2.75, 3.05) is 26.2 Å². The second-order valence-corrected chi connectivity index (χ2v) is 7.41. The SMILES string of the molecule is CCOc1ccc(CN(Cc2scnc2C)CC2CCNC2)cc1.Cl. The first-order chi connectivity index (χ1) is 11.7. The maximum Gasteiger partial charge on any atom is 0.119 e. The Bertz CT molecular complexity index is 626. The lowest BCUT2D eigenvalue weighted by atomic mass is 10.1. The Balaban J connectivity index is 0.00000225. The number of ether oxygens (including phenoxy) is 1. The Hall–Kier alpha value is -1.14. The molecule has 25 heavy (non-hydrogen) atoms. The van der Waals surface area contributed by atoms with E-state index in [9.17, 15) is 0 Å². The fourth-order valence-electron chi connectivity index (χ4n) is 3.22. The van der Waals surface area contributed by atoms with Crippen molar-refractivity contribution in [3.63, 3.8) is 0 Å². The molecule has 1 unspecified atom stereocenters. The van der Waals surface area contributed by atoms with Crippen molar-refractivity contribution >= 4 is 23.7 Å². The molecule has 1 aromatic heterocycles. The second kappa shape index (κ2) is 10.1. The minimum atomic E-state index is 0. The molecule has 0 radical (unpaired) electrons. The Morgan fingerprint density at radius 3 is 2.68 bits per heavy atom. The van der Waals surface area contributed by atoms with Crippen LogP contribution in [-0.4, -0.2) is 36.1 Å². The van der Waals surface area contributed by atoms with Gasteiger partial charge in [-0.3, -0.25) is 4.90 Å². The predicted octanol–water partition coefficient (Wildman–Crippen LogP) is 3.88. The highest BCUT2D eigenvalue weighted by molar-refractivity contribution is 7.09. The quantitative estimate of drug-likeness (QED) is 0.752. The zero-order valence-corrected chi connectivity index (χ0v) is 16.7. The van der Waals surface area contributed by atoms with Gasteiger partial charge in [0.15, 0.2) is 0 Å². The lowest BCUT2D eigenvalue weighted by Gasteiger charge is -2.25. The third kappa shape index (κ3) is 5.96. The van der Waals surface area contributed by atoms with E-state index in [-0.39, 0.29) is 12.4 Å². The summed E-state index contributed by atoms with van der Waals surface area (Å²) in [5.74, 6) is 1.70. The molecular formula is C19H28ClN3OS. The smallest absolute Gasteiger partial charge is 0.119 e. The van der Waals surface area contributed by atoms with Gasteiger partial charge in [0.05, 0.1) is 17.8 Å². The average Bonchev–Trinajstić information content (AvgIpc) is 3.22. The van der Waals surface area contributed by atoms with E-state index in [2.05, 4.69) is 46.4 Å². The molecule has 1 N–H and O–H groups in total. The molecule has 4 nitrogen and oxygen atoms in total. The number of hydrogen-bond acceptors (Lipinski definition) is 5. The molecule has 0 spiro atoms. The van der Waals surface area contributed by atoms with Gasteiger partial charge in [0.1, 0.15) is 5.75 Å². The lowest BCUT2D eigenvalue weighted by molar-refractivity contribution is 0.222. The van der Waals surface area contributed by atoms with Crippen molar-refractivity contribution in [2.24, 2.45) is 5.92 Å². The maximum absolute atomic E-state index is 5.55. The summed E-state index contributed by atoms with van der Waals surface area (Å²) in [6.07, 6.45) is 1.28. The van der Waals surface area contributed by atoms with Crippen LogP contribution in [0.15, 0.2) is 29.8 Å². The second-order valence-electron chi connectivity index (χ2n) is 6.47. The predicted molar refractivity (Wildman–Crippen MR) is 107 cm³/mol. The van der Waals surface area contributed by atoms with Crippen LogP contribution in [0.3, 0.4) is 0 Å². The summed E-state index contributed by atoms with van der Waals surface area (Å²) in [5.41, 5.74) is 4.46. The Morgan fingerprint density at radius 1 is 1.28 bits per heavy atom. The molecule has 0 amide bonds. The molecule has 0 bridgehead atoms. The molecule has 1 atom stereocenters.